The van der Waals surface area contributed by atoms with Gasteiger partial charge in [-0.25, -0.2) is 5.84 Å². The van der Waals surface area contributed by atoms with Crippen LogP contribution in [0.5, 0.6) is 0 Å². The Morgan fingerprint density at radius 1 is 1.67 bits per heavy atom. The van der Waals surface area contributed by atoms with Crippen LogP contribution in [0.1, 0.15) is 20.3 Å². The van der Waals surface area contributed by atoms with Crippen molar-refractivity contribution in [2.75, 3.05) is 26.8 Å². The molecular weight excluding hydrogens is 192 g/mol. The zero-order chi connectivity index (χ0) is 11.3. The van der Waals surface area contributed by atoms with Gasteiger partial charge in [0.1, 0.15) is 0 Å². The summed E-state index contributed by atoms with van der Waals surface area (Å²) in [7, 11) is 2.00. The molecule has 1 fully saturated rings. The standard InChI is InChI=1S/C10H22N4O/c1-8(2)6-12-10(13-11)14(3)9-4-5-15-7-9/h8-9H,4-7,11H2,1-3H3,(H,12,13). The Hall–Kier alpha value is -0.810. The zero-order valence-corrected chi connectivity index (χ0v) is 9.86. The molecule has 0 aromatic rings. The second-order valence-corrected chi connectivity index (χ2v) is 4.33. The molecule has 0 radical (unpaired) electrons. The number of aliphatic imine (C=N–C) groups is 1. The minimum absolute atomic E-state index is 0.395. The molecule has 1 unspecified atom stereocenters. The summed E-state index contributed by atoms with van der Waals surface area (Å²) in [6, 6.07) is 0.395. The number of likely N-dealkylation sites (N-methyl/N-ethyl adjacent to an activating group) is 1. The number of hydrogen-bond donors (Lipinski definition) is 2. The fourth-order valence-corrected chi connectivity index (χ4v) is 1.53. The topological polar surface area (TPSA) is 62.9 Å². The molecule has 5 heteroatoms. The highest BCUT2D eigenvalue weighted by molar-refractivity contribution is 5.79. The second-order valence-electron chi connectivity index (χ2n) is 4.33. The lowest BCUT2D eigenvalue weighted by molar-refractivity contribution is 0.178. The summed E-state index contributed by atoms with van der Waals surface area (Å²) in [6.45, 7) is 6.65. The van der Waals surface area contributed by atoms with Gasteiger partial charge in [-0.3, -0.25) is 10.4 Å². The van der Waals surface area contributed by atoms with Gasteiger partial charge in [0.15, 0.2) is 0 Å². The molecule has 1 atom stereocenters. The molecular formula is C10H22N4O. The molecule has 0 aromatic carbocycles. The van der Waals surface area contributed by atoms with E-state index in [9.17, 15) is 0 Å². The van der Waals surface area contributed by atoms with E-state index in [2.05, 4.69) is 29.2 Å². The summed E-state index contributed by atoms with van der Waals surface area (Å²) in [4.78, 5) is 6.50. The minimum Gasteiger partial charge on any atom is -0.379 e. The summed E-state index contributed by atoms with van der Waals surface area (Å²) in [5.41, 5.74) is 2.65. The van der Waals surface area contributed by atoms with Gasteiger partial charge >= 0.3 is 0 Å². The van der Waals surface area contributed by atoms with E-state index in [0.717, 1.165) is 32.1 Å². The minimum atomic E-state index is 0.395. The summed E-state index contributed by atoms with van der Waals surface area (Å²) < 4.78 is 5.33. The van der Waals surface area contributed by atoms with E-state index < -0.39 is 0 Å². The Labute approximate surface area is 91.6 Å². The molecule has 0 spiro atoms. The molecule has 88 valence electrons. The van der Waals surface area contributed by atoms with Gasteiger partial charge in [-0.2, -0.15) is 0 Å². The van der Waals surface area contributed by atoms with Gasteiger partial charge in [0.05, 0.1) is 12.6 Å². The molecule has 3 N–H and O–H groups in total. The molecule has 1 heterocycles. The van der Waals surface area contributed by atoms with Crippen LogP contribution in [-0.4, -0.2) is 43.7 Å². The number of nitrogens with one attached hydrogen (secondary N) is 1. The van der Waals surface area contributed by atoms with Crippen molar-refractivity contribution in [3.8, 4) is 0 Å². The lowest BCUT2D eigenvalue weighted by Gasteiger charge is -2.26. The number of guanidine groups is 1. The van der Waals surface area contributed by atoms with E-state index in [1.807, 2.05) is 7.05 Å². The Bertz CT molecular complexity index is 211. The lowest BCUT2D eigenvalue weighted by Crippen LogP contribution is -2.48. The van der Waals surface area contributed by atoms with Crippen molar-refractivity contribution < 1.29 is 4.74 Å². The number of hydrogen-bond acceptors (Lipinski definition) is 3. The Morgan fingerprint density at radius 2 is 2.40 bits per heavy atom. The van der Waals surface area contributed by atoms with Crippen LogP contribution in [-0.2, 0) is 4.74 Å². The van der Waals surface area contributed by atoms with E-state index in [-0.39, 0.29) is 0 Å². The first-order valence-electron chi connectivity index (χ1n) is 5.46. The highest BCUT2D eigenvalue weighted by atomic mass is 16.5. The predicted octanol–water partition coefficient (Wildman–Crippen LogP) is 0.182. The molecule has 15 heavy (non-hydrogen) atoms. The highest BCUT2D eigenvalue weighted by Crippen LogP contribution is 2.10. The summed E-state index contributed by atoms with van der Waals surface area (Å²) >= 11 is 0. The first-order valence-corrected chi connectivity index (χ1v) is 5.46. The van der Waals surface area contributed by atoms with E-state index in [1.54, 1.807) is 0 Å². The SMILES string of the molecule is CC(C)CN=C(NN)N(C)C1CCOC1. The molecule has 0 saturated carbocycles. The second kappa shape index (κ2) is 5.92. The van der Waals surface area contributed by atoms with Crippen LogP contribution >= 0.6 is 0 Å². The van der Waals surface area contributed by atoms with Crippen molar-refractivity contribution in [3.63, 3.8) is 0 Å². The van der Waals surface area contributed by atoms with Gasteiger partial charge in [0, 0.05) is 20.2 Å². The molecule has 0 aliphatic carbocycles. The fraction of sp³-hybridized carbons (Fsp3) is 0.900. The molecule has 1 aliphatic heterocycles. The van der Waals surface area contributed by atoms with Crippen molar-refractivity contribution in [2.24, 2.45) is 16.8 Å². The van der Waals surface area contributed by atoms with Crippen LogP contribution in [0.4, 0.5) is 0 Å². The van der Waals surface area contributed by atoms with Crippen molar-refractivity contribution >= 4 is 5.96 Å². The van der Waals surface area contributed by atoms with Gasteiger partial charge in [0.25, 0.3) is 0 Å². The van der Waals surface area contributed by atoms with E-state index in [0.29, 0.717) is 12.0 Å². The monoisotopic (exact) mass is 214 g/mol. The van der Waals surface area contributed by atoms with E-state index >= 15 is 0 Å². The van der Waals surface area contributed by atoms with Crippen molar-refractivity contribution in [1.82, 2.24) is 10.3 Å². The fourth-order valence-electron chi connectivity index (χ4n) is 1.53. The van der Waals surface area contributed by atoms with Crippen LogP contribution in [0.2, 0.25) is 0 Å². The normalized spacial score (nSPS) is 22.2. The average Bonchev–Trinajstić information content (AvgIpc) is 2.70. The van der Waals surface area contributed by atoms with Crippen LogP contribution in [0.25, 0.3) is 0 Å². The smallest absolute Gasteiger partial charge is 0.208 e. The maximum absolute atomic E-state index is 5.46. The Balaban J connectivity index is 2.52. The quantitative estimate of drug-likeness (QED) is 0.304. The molecule has 0 amide bonds. The van der Waals surface area contributed by atoms with Crippen LogP contribution in [0.3, 0.4) is 0 Å². The molecule has 0 aromatic heterocycles. The van der Waals surface area contributed by atoms with Crippen LogP contribution < -0.4 is 11.3 Å². The predicted molar refractivity (Wildman–Crippen MR) is 61.5 cm³/mol. The van der Waals surface area contributed by atoms with E-state index in [1.165, 1.54) is 0 Å². The number of nitrogens with two attached hydrogens (primary N) is 1. The van der Waals surface area contributed by atoms with Gasteiger partial charge < -0.3 is 9.64 Å². The third kappa shape index (κ3) is 3.68. The number of rotatable bonds is 3. The number of hydrazine groups is 1. The average molecular weight is 214 g/mol. The van der Waals surface area contributed by atoms with Gasteiger partial charge in [0.2, 0.25) is 5.96 Å². The van der Waals surface area contributed by atoms with Gasteiger partial charge in [-0.1, -0.05) is 13.8 Å². The first kappa shape index (κ1) is 12.3. The molecule has 0 bridgehead atoms. The third-order valence-corrected chi connectivity index (χ3v) is 2.52. The maximum Gasteiger partial charge on any atom is 0.208 e. The third-order valence-electron chi connectivity index (χ3n) is 2.52. The van der Waals surface area contributed by atoms with E-state index in [4.69, 9.17) is 10.6 Å². The molecule has 1 saturated heterocycles. The maximum atomic E-state index is 5.46. The van der Waals surface area contributed by atoms with Crippen molar-refractivity contribution in [1.29, 1.82) is 0 Å². The molecule has 1 rings (SSSR count). The zero-order valence-electron chi connectivity index (χ0n) is 9.86. The number of nitrogens with zero attached hydrogens (tertiary/aromatic N) is 2. The van der Waals surface area contributed by atoms with Crippen LogP contribution in [0.15, 0.2) is 4.99 Å². The number of ether oxygens (including phenoxy) is 1. The summed E-state index contributed by atoms with van der Waals surface area (Å²) in [6.07, 6.45) is 1.04. The van der Waals surface area contributed by atoms with Gasteiger partial charge in [-0.15, -0.1) is 0 Å². The lowest BCUT2D eigenvalue weighted by atomic mass is 10.2. The highest BCUT2D eigenvalue weighted by Gasteiger charge is 2.22. The Morgan fingerprint density at radius 3 is 2.87 bits per heavy atom. The van der Waals surface area contributed by atoms with Gasteiger partial charge in [-0.05, 0) is 12.3 Å². The summed E-state index contributed by atoms with van der Waals surface area (Å²) in [5.74, 6) is 6.76. The molecule has 5 nitrogen and oxygen atoms in total. The van der Waals surface area contributed by atoms with Crippen LogP contribution in [0, 0.1) is 5.92 Å². The van der Waals surface area contributed by atoms with Crippen molar-refractivity contribution in [2.45, 2.75) is 26.3 Å². The largest absolute Gasteiger partial charge is 0.379 e. The molecule has 1 aliphatic rings. The van der Waals surface area contributed by atoms with Crippen molar-refractivity contribution in [3.05, 3.63) is 0 Å². The summed E-state index contributed by atoms with van der Waals surface area (Å²) in [5, 5.41) is 0. The Kier molecular flexibility index (Phi) is 4.84. The first-order chi connectivity index (χ1) is 7.15.